The number of benzene rings is 1. The highest BCUT2D eigenvalue weighted by Crippen LogP contribution is 2.35. The van der Waals surface area contributed by atoms with Crippen LogP contribution in [0, 0.1) is 0 Å². The molecule has 2 atom stereocenters. The minimum Gasteiger partial charge on any atom is -0.379 e. The fraction of sp³-hybridized carbons (Fsp3) is 0.421. The summed E-state index contributed by atoms with van der Waals surface area (Å²) >= 11 is 8.00. The van der Waals surface area contributed by atoms with Crippen molar-refractivity contribution < 1.29 is 9.53 Å². The maximum atomic E-state index is 12.3. The monoisotopic (exact) mass is 378 g/mol. The molecule has 0 aliphatic carbocycles. The third-order valence-corrected chi connectivity index (χ3v) is 6.32. The van der Waals surface area contributed by atoms with Crippen LogP contribution in [0.5, 0.6) is 0 Å². The van der Waals surface area contributed by atoms with E-state index in [0.717, 1.165) is 41.3 Å². The van der Waals surface area contributed by atoms with E-state index in [9.17, 15) is 4.79 Å². The van der Waals surface area contributed by atoms with E-state index in [4.69, 9.17) is 16.3 Å². The first-order valence-corrected chi connectivity index (χ1v) is 9.73. The molecule has 0 bridgehead atoms. The van der Waals surface area contributed by atoms with Gasteiger partial charge in [-0.05, 0) is 26.0 Å². The van der Waals surface area contributed by atoms with Crippen molar-refractivity contribution >= 4 is 45.0 Å². The molecule has 1 aliphatic rings. The number of hydrogen-bond acceptors (Lipinski definition) is 4. The number of rotatable bonds is 5. The number of halogens is 1. The minimum atomic E-state index is -0.0962. The van der Waals surface area contributed by atoms with Gasteiger partial charge in [0.25, 0.3) is 0 Å². The molecular formula is C19H23ClN2O2S. The molecule has 2 heterocycles. The molecule has 3 rings (SSSR count). The molecular weight excluding hydrogens is 356 g/mol. The standard InChI is InChI=1S/C19H23ClN2O2S/c1-13(14(2)22-9-11-24-12-10-22)21-18(23)8-7-17-19(20)15-5-3-4-6-16(15)25-17/h3-8,13-14H,9-12H2,1-2H3,(H,21,23). The number of carbonyl (C=O) groups is 1. The Morgan fingerprint density at radius 1 is 1.32 bits per heavy atom. The molecule has 4 nitrogen and oxygen atoms in total. The molecule has 1 fully saturated rings. The Bertz CT molecular complexity index is 768. The number of fused-ring (bicyclic) bond motifs is 1. The summed E-state index contributed by atoms with van der Waals surface area (Å²) in [5.74, 6) is -0.0962. The Hall–Kier alpha value is -1.40. The van der Waals surface area contributed by atoms with Gasteiger partial charge in [-0.3, -0.25) is 9.69 Å². The maximum Gasteiger partial charge on any atom is 0.244 e. The van der Waals surface area contributed by atoms with Crippen LogP contribution in [0.1, 0.15) is 18.7 Å². The molecule has 2 aromatic rings. The van der Waals surface area contributed by atoms with Crippen LogP contribution in [0.15, 0.2) is 30.3 Å². The van der Waals surface area contributed by atoms with Crippen LogP contribution in [0.4, 0.5) is 0 Å². The van der Waals surface area contributed by atoms with Crippen molar-refractivity contribution in [3.05, 3.63) is 40.2 Å². The topological polar surface area (TPSA) is 41.6 Å². The predicted molar refractivity (Wildman–Crippen MR) is 105 cm³/mol. The van der Waals surface area contributed by atoms with Gasteiger partial charge in [0.05, 0.1) is 18.2 Å². The van der Waals surface area contributed by atoms with E-state index >= 15 is 0 Å². The van der Waals surface area contributed by atoms with Gasteiger partial charge in [-0.15, -0.1) is 11.3 Å². The normalized spacial score (nSPS) is 18.5. The third kappa shape index (κ3) is 4.42. The number of nitrogens with zero attached hydrogens (tertiary/aromatic N) is 1. The van der Waals surface area contributed by atoms with E-state index in [-0.39, 0.29) is 18.0 Å². The van der Waals surface area contributed by atoms with Crippen LogP contribution in [-0.4, -0.2) is 49.2 Å². The zero-order chi connectivity index (χ0) is 17.8. The summed E-state index contributed by atoms with van der Waals surface area (Å²) in [7, 11) is 0. The van der Waals surface area contributed by atoms with Crippen LogP contribution in [0.25, 0.3) is 16.2 Å². The molecule has 1 aromatic carbocycles. The SMILES string of the molecule is CC(NC(=O)C=Cc1sc2ccccc2c1Cl)C(C)N1CCOCC1. The van der Waals surface area contributed by atoms with Crippen molar-refractivity contribution in [2.45, 2.75) is 25.9 Å². The van der Waals surface area contributed by atoms with Gasteiger partial charge < -0.3 is 10.1 Å². The fourth-order valence-corrected chi connectivity index (χ4v) is 4.38. The van der Waals surface area contributed by atoms with Crippen LogP contribution in [0.2, 0.25) is 5.02 Å². The van der Waals surface area contributed by atoms with Crippen molar-refractivity contribution in [3.8, 4) is 0 Å². The number of hydrogen-bond donors (Lipinski definition) is 1. The van der Waals surface area contributed by atoms with E-state index in [2.05, 4.69) is 17.1 Å². The second-order valence-corrected chi connectivity index (χ2v) is 7.76. The first-order chi connectivity index (χ1) is 12.1. The van der Waals surface area contributed by atoms with Gasteiger partial charge in [0.2, 0.25) is 5.91 Å². The predicted octanol–water partition coefficient (Wildman–Crippen LogP) is 3.79. The Morgan fingerprint density at radius 2 is 2.04 bits per heavy atom. The van der Waals surface area contributed by atoms with Crippen LogP contribution >= 0.6 is 22.9 Å². The molecule has 1 amide bonds. The van der Waals surface area contributed by atoms with Gasteiger partial charge in [-0.25, -0.2) is 0 Å². The van der Waals surface area contributed by atoms with Crippen molar-refractivity contribution in [2.75, 3.05) is 26.3 Å². The quantitative estimate of drug-likeness (QED) is 0.805. The number of thiophene rings is 1. The Kier molecular flexibility index (Phi) is 6.12. The van der Waals surface area contributed by atoms with Crippen LogP contribution in [-0.2, 0) is 9.53 Å². The van der Waals surface area contributed by atoms with Gasteiger partial charge in [0.15, 0.2) is 0 Å². The molecule has 0 spiro atoms. The van der Waals surface area contributed by atoms with Crippen molar-refractivity contribution in [3.63, 3.8) is 0 Å². The summed E-state index contributed by atoms with van der Waals surface area (Å²) in [4.78, 5) is 15.5. The lowest BCUT2D eigenvalue weighted by Crippen LogP contribution is -2.51. The highest BCUT2D eigenvalue weighted by Gasteiger charge is 2.22. The Labute approximate surface area is 157 Å². The van der Waals surface area contributed by atoms with E-state index in [1.807, 2.05) is 31.2 Å². The van der Waals surface area contributed by atoms with Crippen molar-refractivity contribution in [1.29, 1.82) is 0 Å². The van der Waals surface area contributed by atoms with E-state index in [0.29, 0.717) is 5.02 Å². The lowest BCUT2D eigenvalue weighted by Gasteiger charge is -2.35. The molecule has 1 aromatic heterocycles. The summed E-state index contributed by atoms with van der Waals surface area (Å²) in [5.41, 5.74) is 0. The maximum absolute atomic E-state index is 12.3. The van der Waals surface area contributed by atoms with Crippen LogP contribution < -0.4 is 5.32 Å². The van der Waals surface area contributed by atoms with Gasteiger partial charge in [-0.1, -0.05) is 29.8 Å². The molecule has 0 radical (unpaired) electrons. The second-order valence-electron chi connectivity index (χ2n) is 6.30. The van der Waals surface area contributed by atoms with Gasteiger partial charge >= 0.3 is 0 Å². The van der Waals surface area contributed by atoms with E-state index in [1.54, 1.807) is 23.5 Å². The summed E-state index contributed by atoms with van der Waals surface area (Å²) in [6.45, 7) is 7.52. The summed E-state index contributed by atoms with van der Waals surface area (Å²) < 4.78 is 6.51. The Balaban J connectivity index is 1.61. The van der Waals surface area contributed by atoms with Gasteiger partial charge in [0.1, 0.15) is 0 Å². The zero-order valence-electron chi connectivity index (χ0n) is 14.5. The van der Waals surface area contributed by atoms with E-state index < -0.39 is 0 Å². The lowest BCUT2D eigenvalue weighted by atomic mass is 10.1. The average molecular weight is 379 g/mol. The largest absolute Gasteiger partial charge is 0.379 e. The molecule has 25 heavy (non-hydrogen) atoms. The number of amides is 1. The lowest BCUT2D eigenvalue weighted by molar-refractivity contribution is -0.117. The second kappa shape index (κ2) is 8.32. The third-order valence-electron chi connectivity index (χ3n) is 4.66. The molecule has 6 heteroatoms. The van der Waals surface area contributed by atoms with Crippen molar-refractivity contribution in [2.24, 2.45) is 0 Å². The number of ether oxygens (including phenoxy) is 1. The first-order valence-electron chi connectivity index (χ1n) is 8.53. The number of morpholine rings is 1. The highest BCUT2D eigenvalue weighted by molar-refractivity contribution is 7.20. The summed E-state index contributed by atoms with van der Waals surface area (Å²) in [6.07, 6.45) is 3.37. The van der Waals surface area contributed by atoms with Crippen LogP contribution in [0.3, 0.4) is 0 Å². The van der Waals surface area contributed by atoms with Crippen molar-refractivity contribution in [1.82, 2.24) is 10.2 Å². The molecule has 0 saturated carbocycles. The first kappa shape index (κ1) is 18.4. The minimum absolute atomic E-state index is 0.0631. The number of nitrogens with one attached hydrogen (secondary N) is 1. The molecule has 2 unspecified atom stereocenters. The molecule has 1 saturated heterocycles. The van der Waals surface area contributed by atoms with Gasteiger partial charge in [-0.2, -0.15) is 0 Å². The smallest absolute Gasteiger partial charge is 0.244 e. The number of carbonyl (C=O) groups excluding carboxylic acids is 1. The zero-order valence-corrected chi connectivity index (χ0v) is 16.1. The highest BCUT2D eigenvalue weighted by atomic mass is 35.5. The average Bonchev–Trinajstić information content (AvgIpc) is 2.96. The fourth-order valence-electron chi connectivity index (χ4n) is 2.99. The molecule has 134 valence electrons. The Morgan fingerprint density at radius 3 is 2.76 bits per heavy atom. The summed E-state index contributed by atoms with van der Waals surface area (Å²) in [6, 6.07) is 8.33. The summed E-state index contributed by atoms with van der Waals surface area (Å²) in [5, 5.41) is 4.79. The van der Waals surface area contributed by atoms with Gasteiger partial charge in [0, 0.05) is 46.2 Å². The molecule has 1 aliphatic heterocycles. The molecule has 1 N–H and O–H groups in total. The van der Waals surface area contributed by atoms with E-state index in [1.165, 1.54) is 0 Å².